The summed E-state index contributed by atoms with van der Waals surface area (Å²) in [5.74, 6) is 3.41. The van der Waals surface area contributed by atoms with Crippen molar-refractivity contribution >= 4 is 40.0 Å². The van der Waals surface area contributed by atoms with E-state index in [2.05, 4.69) is 40.0 Å². The Bertz CT molecular complexity index is 911. The van der Waals surface area contributed by atoms with Crippen molar-refractivity contribution in [3.05, 3.63) is 17.8 Å². The van der Waals surface area contributed by atoms with E-state index in [9.17, 15) is 9.59 Å². The highest BCUT2D eigenvalue weighted by molar-refractivity contribution is 8.01. The van der Waals surface area contributed by atoms with Crippen molar-refractivity contribution in [2.75, 3.05) is 43.8 Å². The van der Waals surface area contributed by atoms with Gasteiger partial charge in [-0.05, 0) is 82.2 Å². The normalized spacial score (nSPS) is 23.6. The third kappa shape index (κ3) is 9.37. The molecule has 2 amide bonds. The van der Waals surface area contributed by atoms with Crippen molar-refractivity contribution in [3.63, 3.8) is 0 Å². The second-order valence-electron chi connectivity index (χ2n) is 11.6. The van der Waals surface area contributed by atoms with Crippen LogP contribution in [0.1, 0.15) is 90.9 Å². The summed E-state index contributed by atoms with van der Waals surface area (Å²) in [6.07, 6.45) is 17.2. The van der Waals surface area contributed by atoms with Crippen molar-refractivity contribution < 1.29 is 9.59 Å². The zero-order chi connectivity index (χ0) is 26.7. The van der Waals surface area contributed by atoms with Gasteiger partial charge in [-0.1, -0.05) is 49.7 Å². The van der Waals surface area contributed by atoms with Crippen LogP contribution in [0.25, 0.3) is 0 Å². The van der Waals surface area contributed by atoms with E-state index in [4.69, 9.17) is 0 Å². The number of nitrogens with zero attached hydrogens (tertiary/aromatic N) is 3. The minimum absolute atomic E-state index is 0.0618. The Morgan fingerprint density at radius 2 is 1.79 bits per heavy atom. The summed E-state index contributed by atoms with van der Waals surface area (Å²) in [7, 11) is 0. The fourth-order valence-electron chi connectivity index (χ4n) is 6.16. The van der Waals surface area contributed by atoms with Crippen molar-refractivity contribution in [2.24, 2.45) is 17.8 Å². The van der Waals surface area contributed by atoms with Crippen LogP contribution in [0, 0.1) is 17.8 Å². The number of hydrogen-bond donors (Lipinski definition) is 1. The Morgan fingerprint density at radius 3 is 2.50 bits per heavy atom. The molecule has 0 atom stereocenters. The van der Waals surface area contributed by atoms with Gasteiger partial charge in [0.25, 0.3) is 0 Å². The lowest BCUT2D eigenvalue weighted by atomic mass is 9.79. The average molecular weight is 561 g/mol. The summed E-state index contributed by atoms with van der Waals surface area (Å²) in [5, 5.41) is 3.78. The van der Waals surface area contributed by atoms with E-state index in [1.807, 2.05) is 18.0 Å². The number of anilines is 1. The van der Waals surface area contributed by atoms with Gasteiger partial charge in [0.1, 0.15) is 0 Å². The molecular formula is C30H48N4O2S2. The number of nitrogens with one attached hydrogen (secondary N) is 1. The van der Waals surface area contributed by atoms with Gasteiger partial charge in [-0.25, -0.2) is 4.98 Å². The van der Waals surface area contributed by atoms with Crippen LogP contribution < -0.4 is 5.32 Å². The summed E-state index contributed by atoms with van der Waals surface area (Å²) in [6.45, 7) is 9.74. The lowest BCUT2D eigenvalue weighted by Crippen LogP contribution is -2.38. The van der Waals surface area contributed by atoms with Crippen LogP contribution in [0.15, 0.2) is 22.1 Å². The average Bonchev–Trinajstić information content (AvgIpc) is 3.60. The molecule has 0 bridgehead atoms. The number of thioether (sulfide) groups is 1. The van der Waals surface area contributed by atoms with Crippen LogP contribution in [0.4, 0.5) is 5.13 Å². The van der Waals surface area contributed by atoms with E-state index < -0.39 is 0 Å². The number of rotatable bonds is 12. The standard InChI is InChI=1S/C30H48N4O2S2/c1-3-6-28(36)34-17-13-25(14-18-34)26(21-24-9-7-23(2)8-10-24)11-12-27(35)32-30-31-22-29(38-30)37-20-19-33-15-4-5-16-33/h21-25H,3-20H2,1-2H3,(H,31,32,35)/b26-21-. The van der Waals surface area contributed by atoms with E-state index >= 15 is 0 Å². The SMILES string of the molecule is CCCC(=O)N1CCC(/C(=C\C2CCC(C)CC2)CCC(=O)Nc2ncc(SCCN3CCCC3)s2)CC1. The monoisotopic (exact) mass is 560 g/mol. The molecule has 3 fully saturated rings. The largest absolute Gasteiger partial charge is 0.343 e. The van der Waals surface area contributed by atoms with Gasteiger partial charge < -0.3 is 15.1 Å². The lowest BCUT2D eigenvalue weighted by molar-refractivity contribution is -0.132. The Hall–Kier alpha value is -1.38. The van der Waals surface area contributed by atoms with E-state index in [0.29, 0.717) is 35.7 Å². The summed E-state index contributed by atoms with van der Waals surface area (Å²) in [4.78, 5) is 34.3. The van der Waals surface area contributed by atoms with E-state index in [-0.39, 0.29) is 5.91 Å². The number of hydrogen-bond acceptors (Lipinski definition) is 6. The molecule has 0 spiro atoms. The molecule has 3 aliphatic rings. The first-order valence-electron chi connectivity index (χ1n) is 15.1. The number of aromatic nitrogens is 1. The zero-order valence-electron chi connectivity index (χ0n) is 23.6. The van der Waals surface area contributed by atoms with Crippen molar-refractivity contribution in [3.8, 4) is 0 Å². The van der Waals surface area contributed by atoms with Crippen LogP contribution in [0.3, 0.4) is 0 Å². The molecule has 8 heteroatoms. The Balaban J connectivity index is 1.27. The van der Waals surface area contributed by atoms with Gasteiger partial charge in [0.2, 0.25) is 11.8 Å². The summed E-state index contributed by atoms with van der Waals surface area (Å²) < 4.78 is 1.18. The molecular weight excluding hydrogens is 512 g/mol. The van der Waals surface area contributed by atoms with Gasteiger partial charge in [0.05, 0.1) is 10.4 Å². The van der Waals surface area contributed by atoms with Gasteiger partial charge in [0, 0.05) is 38.2 Å². The lowest BCUT2D eigenvalue weighted by Gasteiger charge is -2.34. The highest BCUT2D eigenvalue weighted by Gasteiger charge is 2.26. The van der Waals surface area contributed by atoms with Crippen LogP contribution in [0.5, 0.6) is 0 Å². The number of likely N-dealkylation sites (tertiary alicyclic amines) is 2. The second kappa shape index (κ2) is 15.4. The molecule has 0 aromatic carbocycles. The third-order valence-electron chi connectivity index (χ3n) is 8.57. The Morgan fingerprint density at radius 1 is 1.05 bits per heavy atom. The Labute approximate surface area is 238 Å². The number of carbonyl (C=O) groups excluding carboxylic acids is 2. The summed E-state index contributed by atoms with van der Waals surface area (Å²) in [6, 6.07) is 0. The fraction of sp³-hybridized carbons (Fsp3) is 0.767. The number of amides is 2. The van der Waals surface area contributed by atoms with Crippen molar-refractivity contribution in [2.45, 2.75) is 95.1 Å². The van der Waals surface area contributed by atoms with Gasteiger partial charge in [-0.15, -0.1) is 11.8 Å². The highest BCUT2D eigenvalue weighted by Crippen LogP contribution is 2.35. The molecule has 2 saturated heterocycles. The first-order chi connectivity index (χ1) is 18.5. The molecule has 3 heterocycles. The first kappa shape index (κ1) is 29.6. The maximum Gasteiger partial charge on any atom is 0.226 e. The highest BCUT2D eigenvalue weighted by atomic mass is 32.2. The molecule has 38 heavy (non-hydrogen) atoms. The quantitative estimate of drug-likeness (QED) is 0.224. The first-order valence-corrected chi connectivity index (χ1v) is 16.9. The predicted octanol–water partition coefficient (Wildman–Crippen LogP) is 6.84. The molecule has 0 radical (unpaired) electrons. The smallest absolute Gasteiger partial charge is 0.226 e. The summed E-state index contributed by atoms with van der Waals surface area (Å²) in [5.41, 5.74) is 1.46. The van der Waals surface area contributed by atoms with Crippen molar-refractivity contribution in [1.82, 2.24) is 14.8 Å². The van der Waals surface area contributed by atoms with E-state index in [1.54, 1.807) is 11.3 Å². The molecule has 1 aromatic rings. The van der Waals surface area contributed by atoms with Gasteiger partial charge in [-0.3, -0.25) is 9.59 Å². The maximum absolute atomic E-state index is 12.9. The molecule has 1 aliphatic carbocycles. The second-order valence-corrected chi connectivity index (χ2v) is 14.0. The van der Waals surface area contributed by atoms with Crippen LogP contribution >= 0.6 is 23.1 Å². The topological polar surface area (TPSA) is 65.5 Å². The van der Waals surface area contributed by atoms with Crippen LogP contribution in [0.2, 0.25) is 0 Å². The number of thiazole rings is 1. The van der Waals surface area contributed by atoms with E-state index in [0.717, 1.165) is 57.0 Å². The summed E-state index contributed by atoms with van der Waals surface area (Å²) >= 11 is 3.43. The minimum Gasteiger partial charge on any atom is -0.343 e. The van der Waals surface area contributed by atoms with E-state index in [1.165, 1.54) is 61.4 Å². The minimum atomic E-state index is 0.0618. The fourth-order valence-corrected chi connectivity index (χ4v) is 8.12. The molecule has 6 nitrogen and oxygen atoms in total. The molecule has 212 valence electrons. The predicted molar refractivity (Wildman–Crippen MR) is 160 cm³/mol. The van der Waals surface area contributed by atoms with Gasteiger partial charge in [-0.2, -0.15) is 0 Å². The van der Waals surface area contributed by atoms with Crippen molar-refractivity contribution in [1.29, 1.82) is 0 Å². The molecule has 1 N–H and O–H groups in total. The maximum atomic E-state index is 12.9. The third-order valence-corrected chi connectivity index (χ3v) is 10.7. The molecule has 1 saturated carbocycles. The molecule has 4 rings (SSSR count). The number of allylic oxidation sites excluding steroid dienone is 2. The van der Waals surface area contributed by atoms with Crippen LogP contribution in [-0.4, -0.2) is 65.1 Å². The number of carbonyl (C=O) groups is 2. The van der Waals surface area contributed by atoms with Gasteiger partial charge in [0.15, 0.2) is 5.13 Å². The van der Waals surface area contributed by atoms with Gasteiger partial charge >= 0.3 is 0 Å². The Kier molecular flexibility index (Phi) is 12.0. The number of piperidine rings is 1. The molecule has 0 unspecified atom stereocenters. The molecule has 1 aromatic heterocycles. The molecule has 2 aliphatic heterocycles. The van der Waals surface area contributed by atoms with Crippen LogP contribution in [-0.2, 0) is 9.59 Å². The zero-order valence-corrected chi connectivity index (χ0v) is 25.2.